The van der Waals surface area contributed by atoms with Crippen LogP contribution in [0.5, 0.6) is 11.5 Å². The van der Waals surface area contributed by atoms with Crippen molar-refractivity contribution in [1.29, 1.82) is 0 Å². The van der Waals surface area contributed by atoms with Gasteiger partial charge in [-0.05, 0) is 29.8 Å². The number of carbonyl (C=O) groups excluding carboxylic acids is 1. The number of amides is 1. The van der Waals surface area contributed by atoms with Gasteiger partial charge in [-0.15, -0.1) is 0 Å². The lowest BCUT2D eigenvalue weighted by atomic mass is 10.1. The Morgan fingerprint density at radius 1 is 1.00 bits per heavy atom. The maximum absolute atomic E-state index is 13.0. The number of hydrogen-bond acceptors (Lipinski definition) is 6. The molecule has 168 valence electrons. The first-order valence-corrected chi connectivity index (χ1v) is 10.6. The largest absolute Gasteiger partial charge is 0.497 e. The van der Waals surface area contributed by atoms with Crippen LogP contribution in [0.1, 0.15) is 27.9 Å². The predicted octanol–water partition coefficient (Wildman–Crippen LogP) is 5.12. The molecular formula is C25H22ClN3O4. The maximum Gasteiger partial charge on any atom is 0.253 e. The maximum atomic E-state index is 13.0. The number of halogens is 1. The van der Waals surface area contributed by atoms with Gasteiger partial charge in [-0.1, -0.05) is 59.2 Å². The number of carbonyl (C=O) groups is 1. The van der Waals surface area contributed by atoms with Gasteiger partial charge in [0, 0.05) is 18.1 Å². The minimum Gasteiger partial charge on any atom is -0.497 e. The van der Waals surface area contributed by atoms with Crippen LogP contribution >= 0.6 is 11.6 Å². The van der Waals surface area contributed by atoms with Gasteiger partial charge in [-0.25, -0.2) is 0 Å². The summed E-state index contributed by atoms with van der Waals surface area (Å²) in [5.74, 6) is 1.50. The zero-order valence-corrected chi connectivity index (χ0v) is 18.9. The molecule has 0 saturated carbocycles. The van der Waals surface area contributed by atoms with E-state index in [1.54, 1.807) is 56.7 Å². The fourth-order valence-corrected chi connectivity index (χ4v) is 3.58. The zero-order chi connectivity index (χ0) is 23.2. The van der Waals surface area contributed by atoms with Crippen molar-refractivity contribution in [3.8, 4) is 22.9 Å². The molecule has 1 heterocycles. The van der Waals surface area contributed by atoms with E-state index in [0.29, 0.717) is 39.9 Å². The highest BCUT2D eigenvalue weighted by atomic mass is 35.5. The molecule has 0 spiro atoms. The van der Waals surface area contributed by atoms with Crippen molar-refractivity contribution in [2.24, 2.45) is 0 Å². The van der Waals surface area contributed by atoms with Crippen molar-refractivity contribution in [3.05, 3.63) is 94.8 Å². The average Bonchev–Trinajstić information content (AvgIpc) is 3.34. The van der Waals surface area contributed by atoms with Crippen LogP contribution < -0.4 is 14.8 Å². The van der Waals surface area contributed by atoms with E-state index in [2.05, 4.69) is 15.5 Å². The fourth-order valence-electron chi connectivity index (χ4n) is 3.36. The van der Waals surface area contributed by atoms with Crippen LogP contribution in [0.25, 0.3) is 11.4 Å². The summed E-state index contributed by atoms with van der Waals surface area (Å²) in [7, 11) is 3.14. The van der Waals surface area contributed by atoms with Crippen molar-refractivity contribution in [2.75, 3.05) is 14.2 Å². The Morgan fingerprint density at radius 3 is 2.33 bits per heavy atom. The van der Waals surface area contributed by atoms with Crippen molar-refractivity contribution in [2.45, 2.75) is 12.5 Å². The van der Waals surface area contributed by atoms with Gasteiger partial charge < -0.3 is 19.3 Å². The van der Waals surface area contributed by atoms with Gasteiger partial charge in [0.25, 0.3) is 5.91 Å². The summed E-state index contributed by atoms with van der Waals surface area (Å²) in [5, 5.41) is 7.47. The van der Waals surface area contributed by atoms with Crippen molar-refractivity contribution >= 4 is 17.5 Å². The fraction of sp³-hybridized carbons (Fsp3) is 0.160. The van der Waals surface area contributed by atoms with Gasteiger partial charge in [0.15, 0.2) is 0 Å². The summed E-state index contributed by atoms with van der Waals surface area (Å²) in [5.41, 5.74) is 2.04. The molecule has 7 nitrogen and oxygen atoms in total. The van der Waals surface area contributed by atoms with Crippen LogP contribution in [0, 0.1) is 0 Å². The van der Waals surface area contributed by atoms with Crippen LogP contribution in [0.15, 0.2) is 77.3 Å². The molecule has 1 atom stereocenters. The Morgan fingerprint density at radius 2 is 1.67 bits per heavy atom. The quantitative estimate of drug-likeness (QED) is 0.390. The molecular weight excluding hydrogens is 442 g/mol. The van der Waals surface area contributed by atoms with E-state index in [-0.39, 0.29) is 11.8 Å². The highest BCUT2D eigenvalue weighted by molar-refractivity contribution is 6.33. The SMILES string of the molecule is COc1cc(OC)cc(-c2noc(C(Cc3ccccc3)NC(=O)c3ccccc3Cl)n2)c1. The van der Waals surface area contributed by atoms with Gasteiger partial charge in [-0.3, -0.25) is 4.79 Å². The highest BCUT2D eigenvalue weighted by Gasteiger charge is 2.24. The summed E-state index contributed by atoms with van der Waals surface area (Å²) in [6, 6.07) is 21.4. The molecule has 3 aromatic carbocycles. The van der Waals surface area contributed by atoms with Crippen LogP contribution in [0.3, 0.4) is 0 Å². The average molecular weight is 464 g/mol. The van der Waals surface area contributed by atoms with Gasteiger partial charge >= 0.3 is 0 Å². The third kappa shape index (κ3) is 5.32. The first-order valence-electron chi connectivity index (χ1n) is 10.2. The van der Waals surface area contributed by atoms with E-state index in [4.69, 9.17) is 25.6 Å². The molecule has 0 aliphatic carbocycles. The number of aromatic nitrogens is 2. The topological polar surface area (TPSA) is 86.5 Å². The molecule has 0 bridgehead atoms. The molecule has 1 N–H and O–H groups in total. The molecule has 0 aliphatic heterocycles. The standard InChI is InChI=1S/C25H22ClN3O4/c1-31-18-13-17(14-19(15-18)32-2)23-28-25(33-29-23)22(12-16-8-4-3-5-9-16)27-24(30)20-10-6-7-11-21(20)26/h3-11,13-15,22H,12H2,1-2H3,(H,27,30). The number of ether oxygens (including phenoxy) is 2. The first-order chi connectivity index (χ1) is 16.1. The minimum absolute atomic E-state index is 0.274. The van der Waals surface area contributed by atoms with Crippen LogP contribution in [0.4, 0.5) is 0 Å². The molecule has 4 rings (SSSR count). The Kier molecular flexibility index (Phi) is 6.90. The van der Waals surface area contributed by atoms with Crippen LogP contribution in [-0.4, -0.2) is 30.3 Å². The number of rotatable bonds is 8. The number of nitrogens with one attached hydrogen (secondary N) is 1. The molecule has 0 aliphatic rings. The second-order valence-electron chi connectivity index (χ2n) is 7.25. The molecule has 0 fully saturated rings. The summed E-state index contributed by atoms with van der Waals surface area (Å²) in [6.07, 6.45) is 0.458. The summed E-state index contributed by atoms with van der Waals surface area (Å²) >= 11 is 6.21. The lowest BCUT2D eigenvalue weighted by Gasteiger charge is -2.16. The lowest BCUT2D eigenvalue weighted by molar-refractivity contribution is 0.0928. The highest BCUT2D eigenvalue weighted by Crippen LogP contribution is 2.29. The third-order valence-corrected chi connectivity index (χ3v) is 5.39. The summed E-state index contributed by atoms with van der Waals surface area (Å²) in [4.78, 5) is 17.5. The third-order valence-electron chi connectivity index (χ3n) is 5.06. The Bertz CT molecular complexity index is 1220. The van der Waals surface area contributed by atoms with Gasteiger partial charge in [0.2, 0.25) is 11.7 Å². The van der Waals surface area contributed by atoms with E-state index in [9.17, 15) is 4.79 Å². The number of benzene rings is 3. The van der Waals surface area contributed by atoms with E-state index in [0.717, 1.165) is 5.56 Å². The van der Waals surface area contributed by atoms with Crippen LogP contribution in [-0.2, 0) is 6.42 Å². The zero-order valence-electron chi connectivity index (χ0n) is 18.1. The second-order valence-corrected chi connectivity index (χ2v) is 7.66. The molecule has 4 aromatic rings. The van der Waals surface area contributed by atoms with E-state index in [1.807, 2.05) is 30.3 Å². The van der Waals surface area contributed by atoms with Crippen molar-refractivity contribution in [3.63, 3.8) is 0 Å². The predicted molar refractivity (Wildman–Crippen MR) is 125 cm³/mol. The van der Waals surface area contributed by atoms with E-state index in [1.165, 1.54) is 0 Å². The normalized spacial score (nSPS) is 11.6. The molecule has 1 amide bonds. The molecule has 0 radical (unpaired) electrons. The summed E-state index contributed by atoms with van der Waals surface area (Å²) < 4.78 is 16.2. The molecule has 8 heteroatoms. The lowest BCUT2D eigenvalue weighted by Crippen LogP contribution is -2.30. The van der Waals surface area contributed by atoms with Gasteiger partial charge in [0.05, 0.1) is 24.8 Å². The number of methoxy groups -OCH3 is 2. The Hall–Kier alpha value is -3.84. The van der Waals surface area contributed by atoms with E-state index >= 15 is 0 Å². The van der Waals surface area contributed by atoms with Gasteiger partial charge in [-0.2, -0.15) is 4.98 Å². The van der Waals surface area contributed by atoms with Gasteiger partial charge in [0.1, 0.15) is 17.5 Å². The van der Waals surface area contributed by atoms with Crippen molar-refractivity contribution in [1.82, 2.24) is 15.5 Å². The number of nitrogens with zero attached hydrogens (tertiary/aromatic N) is 2. The molecule has 0 saturated heterocycles. The van der Waals surface area contributed by atoms with Crippen LogP contribution in [0.2, 0.25) is 5.02 Å². The molecule has 1 aromatic heterocycles. The molecule has 33 heavy (non-hydrogen) atoms. The summed E-state index contributed by atoms with van der Waals surface area (Å²) in [6.45, 7) is 0. The molecule has 1 unspecified atom stereocenters. The Labute approximate surface area is 196 Å². The van der Waals surface area contributed by atoms with E-state index < -0.39 is 6.04 Å². The minimum atomic E-state index is -0.565. The first kappa shape index (κ1) is 22.4. The smallest absolute Gasteiger partial charge is 0.253 e. The Balaban J connectivity index is 1.66. The second kappa shape index (κ2) is 10.2. The number of hydrogen-bond donors (Lipinski definition) is 1. The monoisotopic (exact) mass is 463 g/mol. The van der Waals surface area contributed by atoms with Crippen molar-refractivity contribution < 1.29 is 18.8 Å².